The molecule has 4 heteroatoms. The second-order valence-corrected chi connectivity index (χ2v) is 5.43. The fourth-order valence-electron chi connectivity index (χ4n) is 1.16. The SMILES string of the molecule is CC.CC(NC(=O)OCc1ccc(F)cc1)C(C)(C)C. The Kier molecular flexibility index (Phi) is 7.89. The molecule has 1 aromatic carbocycles. The maximum atomic E-state index is 12.7. The predicted molar refractivity (Wildman–Crippen MR) is 80.0 cm³/mol. The van der Waals surface area contributed by atoms with Crippen LogP contribution in [-0.4, -0.2) is 12.1 Å². The number of benzene rings is 1. The number of ether oxygens (including phenoxy) is 1. The van der Waals surface area contributed by atoms with Gasteiger partial charge in [0.2, 0.25) is 0 Å². The largest absolute Gasteiger partial charge is 0.445 e. The maximum Gasteiger partial charge on any atom is 0.407 e. The molecular weight excluding hydrogens is 257 g/mol. The minimum absolute atomic E-state index is 0.0122. The topological polar surface area (TPSA) is 38.3 Å². The summed E-state index contributed by atoms with van der Waals surface area (Å²) >= 11 is 0. The van der Waals surface area contributed by atoms with Crippen molar-refractivity contribution in [1.29, 1.82) is 0 Å². The van der Waals surface area contributed by atoms with Crippen molar-refractivity contribution in [3.63, 3.8) is 0 Å². The summed E-state index contributed by atoms with van der Waals surface area (Å²) in [4.78, 5) is 11.5. The number of amides is 1. The molecule has 0 heterocycles. The van der Waals surface area contributed by atoms with Gasteiger partial charge in [-0.15, -0.1) is 0 Å². The Hall–Kier alpha value is -1.58. The third-order valence-corrected chi connectivity index (χ3v) is 2.92. The van der Waals surface area contributed by atoms with Gasteiger partial charge in [-0.3, -0.25) is 0 Å². The molecule has 1 unspecified atom stereocenters. The van der Waals surface area contributed by atoms with Gasteiger partial charge in [0.05, 0.1) is 0 Å². The van der Waals surface area contributed by atoms with E-state index in [9.17, 15) is 9.18 Å². The zero-order valence-corrected chi connectivity index (χ0v) is 13.3. The average Bonchev–Trinajstić information content (AvgIpc) is 2.39. The van der Waals surface area contributed by atoms with Gasteiger partial charge in [0.15, 0.2) is 0 Å². The van der Waals surface area contributed by atoms with Crippen molar-refractivity contribution >= 4 is 6.09 Å². The van der Waals surface area contributed by atoms with E-state index in [0.717, 1.165) is 5.56 Å². The van der Waals surface area contributed by atoms with Gasteiger partial charge in [-0.1, -0.05) is 46.8 Å². The highest BCUT2D eigenvalue weighted by Crippen LogP contribution is 2.18. The molecule has 1 amide bonds. The van der Waals surface area contributed by atoms with Gasteiger partial charge >= 0.3 is 6.09 Å². The number of carbonyl (C=O) groups excluding carboxylic acids is 1. The third-order valence-electron chi connectivity index (χ3n) is 2.92. The number of halogens is 1. The van der Waals surface area contributed by atoms with Crippen molar-refractivity contribution in [3.8, 4) is 0 Å². The monoisotopic (exact) mass is 283 g/mol. The van der Waals surface area contributed by atoms with Crippen LogP contribution in [0.5, 0.6) is 0 Å². The minimum Gasteiger partial charge on any atom is -0.445 e. The number of nitrogens with one attached hydrogen (secondary N) is 1. The lowest BCUT2D eigenvalue weighted by molar-refractivity contribution is 0.128. The van der Waals surface area contributed by atoms with Crippen LogP contribution in [0.2, 0.25) is 0 Å². The number of alkyl carbamates (subject to hydrolysis) is 1. The van der Waals surface area contributed by atoms with Gasteiger partial charge in [0.1, 0.15) is 12.4 Å². The molecule has 0 aliphatic heterocycles. The van der Waals surface area contributed by atoms with Crippen LogP contribution in [0.25, 0.3) is 0 Å². The third kappa shape index (κ3) is 7.12. The van der Waals surface area contributed by atoms with Crippen LogP contribution >= 0.6 is 0 Å². The highest BCUT2D eigenvalue weighted by molar-refractivity contribution is 5.67. The molecule has 0 aliphatic rings. The van der Waals surface area contributed by atoms with E-state index in [4.69, 9.17) is 4.74 Å². The van der Waals surface area contributed by atoms with Crippen LogP contribution in [0.15, 0.2) is 24.3 Å². The lowest BCUT2D eigenvalue weighted by Crippen LogP contribution is -2.41. The molecule has 0 radical (unpaired) electrons. The summed E-state index contributed by atoms with van der Waals surface area (Å²) in [5, 5.41) is 2.77. The lowest BCUT2D eigenvalue weighted by atomic mass is 9.88. The summed E-state index contributed by atoms with van der Waals surface area (Å²) in [5.74, 6) is -0.301. The van der Waals surface area contributed by atoms with Crippen molar-refractivity contribution in [2.45, 2.75) is 54.2 Å². The fourth-order valence-corrected chi connectivity index (χ4v) is 1.16. The van der Waals surface area contributed by atoms with Crippen molar-refractivity contribution in [2.75, 3.05) is 0 Å². The van der Waals surface area contributed by atoms with Gasteiger partial charge in [-0.05, 0) is 30.0 Å². The van der Waals surface area contributed by atoms with E-state index in [1.54, 1.807) is 12.1 Å². The molecule has 3 nitrogen and oxygen atoms in total. The molecule has 0 bridgehead atoms. The molecule has 0 saturated carbocycles. The molecule has 114 valence electrons. The van der Waals surface area contributed by atoms with E-state index >= 15 is 0 Å². The highest BCUT2D eigenvalue weighted by atomic mass is 19.1. The fraction of sp³-hybridized carbons (Fsp3) is 0.562. The predicted octanol–water partition coefficient (Wildman–Crippen LogP) is 4.51. The lowest BCUT2D eigenvalue weighted by Gasteiger charge is -2.27. The first-order chi connectivity index (χ1) is 9.29. The summed E-state index contributed by atoms with van der Waals surface area (Å²) in [6.45, 7) is 12.2. The second kappa shape index (κ2) is 8.56. The van der Waals surface area contributed by atoms with E-state index in [1.807, 2.05) is 41.5 Å². The second-order valence-electron chi connectivity index (χ2n) is 5.43. The Balaban J connectivity index is 0.00000172. The van der Waals surface area contributed by atoms with E-state index < -0.39 is 6.09 Å². The number of carbonyl (C=O) groups is 1. The normalized spacial score (nSPS) is 11.9. The minimum atomic E-state index is -0.457. The molecule has 20 heavy (non-hydrogen) atoms. The molecule has 1 atom stereocenters. The maximum absolute atomic E-state index is 12.7. The molecular formula is C16H26FNO2. The number of hydrogen-bond acceptors (Lipinski definition) is 2. The molecule has 0 spiro atoms. The van der Waals surface area contributed by atoms with Gasteiger partial charge in [-0.25, -0.2) is 9.18 Å². The summed E-state index contributed by atoms with van der Waals surface area (Å²) in [5.41, 5.74) is 0.740. The Morgan fingerprint density at radius 3 is 2.20 bits per heavy atom. The first-order valence-electron chi connectivity index (χ1n) is 6.97. The van der Waals surface area contributed by atoms with E-state index in [-0.39, 0.29) is 23.9 Å². The summed E-state index contributed by atoms with van der Waals surface area (Å²) < 4.78 is 17.7. The van der Waals surface area contributed by atoms with Crippen LogP contribution in [0.3, 0.4) is 0 Å². The van der Waals surface area contributed by atoms with Gasteiger partial charge in [0.25, 0.3) is 0 Å². The van der Waals surface area contributed by atoms with Gasteiger partial charge in [-0.2, -0.15) is 0 Å². The Bertz CT molecular complexity index is 396. The van der Waals surface area contributed by atoms with Crippen molar-refractivity contribution < 1.29 is 13.9 Å². The summed E-state index contributed by atoms with van der Waals surface area (Å²) in [7, 11) is 0. The number of rotatable bonds is 3. The van der Waals surface area contributed by atoms with Crippen LogP contribution < -0.4 is 5.32 Å². The smallest absolute Gasteiger partial charge is 0.407 e. The van der Waals surface area contributed by atoms with Gasteiger partial charge in [0, 0.05) is 6.04 Å². The summed E-state index contributed by atoms with van der Waals surface area (Å²) in [6.07, 6.45) is -0.457. The molecule has 0 aromatic heterocycles. The van der Waals surface area contributed by atoms with E-state index in [0.29, 0.717) is 0 Å². The molecule has 0 fully saturated rings. The van der Waals surface area contributed by atoms with Gasteiger partial charge < -0.3 is 10.1 Å². The highest BCUT2D eigenvalue weighted by Gasteiger charge is 2.22. The van der Waals surface area contributed by atoms with Crippen molar-refractivity contribution in [1.82, 2.24) is 5.32 Å². The molecule has 1 N–H and O–H groups in total. The molecule has 0 aliphatic carbocycles. The van der Waals surface area contributed by atoms with Crippen LogP contribution in [0.4, 0.5) is 9.18 Å². The summed E-state index contributed by atoms with van der Waals surface area (Å²) in [6, 6.07) is 5.88. The first-order valence-corrected chi connectivity index (χ1v) is 6.97. The average molecular weight is 283 g/mol. The number of hydrogen-bond donors (Lipinski definition) is 1. The van der Waals surface area contributed by atoms with Crippen LogP contribution in [0.1, 0.15) is 47.1 Å². The molecule has 0 saturated heterocycles. The van der Waals surface area contributed by atoms with Crippen LogP contribution in [-0.2, 0) is 11.3 Å². The quantitative estimate of drug-likeness (QED) is 0.886. The Labute approximate surface area is 121 Å². The zero-order chi connectivity index (χ0) is 15.8. The van der Waals surface area contributed by atoms with E-state index in [1.165, 1.54) is 12.1 Å². The Morgan fingerprint density at radius 1 is 1.25 bits per heavy atom. The van der Waals surface area contributed by atoms with Crippen molar-refractivity contribution in [3.05, 3.63) is 35.6 Å². The van der Waals surface area contributed by atoms with E-state index in [2.05, 4.69) is 5.32 Å². The van der Waals surface area contributed by atoms with Crippen LogP contribution in [0, 0.1) is 11.2 Å². The molecule has 1 aromatic rings. The Morgan fingerprint density at radius 2 is 1.75 bits per heavy atom. The van der Waals surface area contributed by atoms with Crippen molar-refractivity contribution in [2.24, 2.45) is 5.41 Å². The first kappa shape index (κ1) is 18.4. The standard InChI is InChI=1S/C14H20FNO2.C2H6/c1-10(14(2,3)4)16-13(17)18-9-11-5-7-12(15)8-6-11;1-2/h5-8,10H,9H2,1-4H3,(H,16,17);1-2H3. The molecule has 1 rings (SSSR count). The zero-order valence-electron chi connectivity index (χ0n) is 13.3.